The van der Waals surface area contributed by atoms with Crippen LogP contribution in [0.3, 0.4) is 0 Å². The Morgan fingerprint density at radius 3 is 2.52 bits per heavy atom. The molecule has 2 aliphatic rings. The first-order chi connectivity index (χ1) is 11.9. The predicted molar refractivity (Wildman–Crippen MR) is 86.9 cm³/mol. The van der Waals surface area contributed by atoms with E-state index in [2.05, 4.69) is 5.32 Å². The average molecular weight is 352 g/mol. The Kier molecular flexibility index (Phi) is 5.03. The molecule has 0 bridgehead atoms. The van der Waals surface area contributed by atoms with E-state index >= 15 is 0 Å². The van der Waals surface area contributed by atoms with Gasteiger partial charge in [-0.05, 0) is 30.4 Å². The number of rotatable bonds is 3. The Morgan fingerprint density at radius 2 is 1.92 bits per heavy atom. The molecule has 0 aromatic heterocycles. The lowest BCUT2D eigenvalue weighted by Gasteiger charge is -2.38. The highest BCUT2D eigenvalue weighted by molar-refractivity contribution is 5.94. The molecule has 1 aromatic rings. The fraction of sp³-hybridized carbons (Fsp3) is 0.556. The van der Waals surface area contributed by atoms with Gasteiger partial charge in [-0.1, -0.05) is 6.07 Å². The van der Waals surface area contributed by atoms with Crippen LogP contribution in [0.1, 0.15) is 30.1 Å². The van der Waals surface area contributed by atoms with Crippen molar-refractivity contribution in [3.8, 4) is 0 Å². The third-order valence-corrected chi connectivity index (χ3v) is 5.45. The largest absolute Gasteiger partial charge is 0.381 e. The van der Waals surface area contributed by atoms with E-state index in [1.54, 1.807) is 4.90 Å². The maximum Gasteiger partial charge on any atom is 0.257 e. The van der Waals surface area contributed by atoms with Gasteiger partial charge in [-0.25, -0.2) is 8.78 Å². The van der Waals surface area contributed by atoms with Crippen LogP contribution in [0.15, 0.2) is 18.2 Å². The van der Waals surface area contributed by atoms with E-state index in [1.807, 2.05) is 0 Å². The molecule has 1 spiro atoms. The van der Waals surface area contributed by atoms with Crippen LogP contribution < -0.4 is 5.32 Å². The second-order valence-electron chi connectivity index (χ2n) is 6.88. The molecule has 0 saturated carbocycles. The van der Waals surface area contributed by atoms with Gasteiger partial charge in [-0.3, -0.25) is 9.59 Å². The quantitative estimate of drug-likeness (QED) is 0.905. The Bertz CT molecular complexity index is 654. The van der Waals surface area contributed by atoms with Crippen molar-refractivity contribution >= 4 is 11.8 Å². The van der Waals surface area contributed by atoms with Crippen LogP contribution in [-0.2, 0) is 9.53 Å². The highest BCUT2D eigenvalue weighted by atomic mass is 19.1. The first kappa shape index (κ1) is 17.8. The van der Waals surface area contributed by atoms with Crippen molar-refractivity contribution in [1.29, 1.82) is 0 Å². The summed E-state index contributed by atoms with van der Waals surface area (Å²) in [6.07, 6.45) is 1.62. The van der Waals surface area contributed by atoms with Gasteiger partial charge in [0.15, 0.2) is 0 Å². The third kappa shape index (κ3) is 3.51. The van der Waals surface area contributed by atoms with Gasteiger partial charge in [0.1, 0.15) is 17.2 Å². The van der Waals surface area contributed by atoms with Gasteiger partial charge in [0, 0.05) is 45.7 Å². The molecule has 5 nitrogen and oxygen atoms in total. The fourth-order valence-corrected chi connectivity index (χ4v) is 3.92. The Balaban J connectivity index is 1.72. The van der Waals surface area contributed by atoms with Gasteiger partial charge < -0.3 is 15.0 Å². The SMILES string of the molecule is CC(=O)N1CC(CNC(=O)c2c(F)cccc2F)C2(CCOCC2)C1. The molecule has 1 aromatic carbocycles. The summed E-state index contributed by atoms with van der Waals surface area (Å²) in [5, 5.41) is 2.66. The minimum Gasteiger partial charge on any atom is -0.381 e. The van der Waals surface area contributed by atoms with E-state index in [4.69, 9.17) is 4.74 Å². The molecule has 2 saturated heterocycles. The van der Waals surface area contributed by atoms with Crippen molar-refractivity contribution in [2.24, 2.45) is 11.3 Å². The van der Waals surface area contributed by atoms with Gasteiger partial charge in [-0.15, -0.1) is 0 Å². The molecule has 3 rings (SSSR count). The van der Waals surface area contributed by atoms with Gasteiger partial charge in [0.2, 0.25) is 5.91 Å². The van der Waals surface area contributed by atoms with Crippen LogP contribution in [0.25, 0.3) is 0 Å². The average Bonchev–Trinajstić information content (AvgIpc) is 2.92. The number of hydrogen-bond acceptors (Lipinski definition) is 3. The number of halogens is 2. The van der Waals surface area contributed by atoms with E-state index < -0.39 is 23.1 Å². The monoisotopic (exact) mass is 352 g/mol. The van der Waals surface area contributed by atoms with Crippen molar-refractivity contribution in [1.82, 2.24) is 10.2 Å². The molecule has 1 N–H and O–H groups in total. The van der Waals surface area contributed by atoms with E-state index in [0.717, 1.165) is 25.0 Å². The summed E-state index contributed by atoms with van der Waals surface area (Å²) >= 11 is 0. The van der Waals surface area contributed by atoms with Gasteiger partial charge in [-0.2, -0.15) is 0 Å². The van der Waals surface area contributed by atoms with Crippen LogP contribution in [0, 0.1) is 23.0 Å². The summed E-state index contributed by atoms with van der Waals surface area (Å²) < 4.78 is 32.9. The molecular formula is C18H22F2N2O3. The summed E-state index contributed by atoms with van der Waals surface area (Å²) in [5.41, 5.74) is -0.671. The third-order valence-electron chi connectivity index (χ3n) is 5.45. The Morgan fingerprint density at radius 1 is 1.28 bits per heavy atom. The van der Waals surface area contributed by atoms with Crippen molar-refractivity contribution in [3.05, 3.63) is 35.4 Å². The number of nitrogens with one attached hydrogen (secondary N) is 1. The summed E-state index contributed by atoms with van der Waals surface area (Å²) in [4.78, 5) is 25.8. The van der Waals surface area contributed by atoms with E-state index in [1.165, 1.54) is 13.0 Å². The number of carbonyl (C=O) groups excluding carboxylic acids is 2. The maximum atomic E-state index is 13.7. The number of ether oxygens (including phenoxy) is 1. The Labute approximate surface area is 145 Å². The zero-order chi connectivity index (χ0) is 18.0. The number of benzene rings is 1. The predicted octanol–water partition coefficient (Wildman–Crippen LogP) is 1.97. The molecule has 2 amide bonds. The van der Waals surface area contributed by atoms with E-state index in [0.29, 0.717) is 26.3 Å². The second kappa shape index (κ2) is 7.07. The minimum absolute atomic E-state index is 0.000147. The fourth-order valence-electron chi connectivity index (χ4n) is 3.92. The molecule has 2 heterocycles. The maximum absolute atomic E-state index is 13.7. The van der Waals surface area contributed by atoms with Crippen LogP contribution in [0.4, 0.5) is 8.78 Å². The standard InChI is InChI=1S/C18H22F2N2O3/c1-12(23)22-10-13(18(11-22)5-7-25-8-6-18)9-21-17(24)16-14(19)3-2-4-15(16)20/h2-4,13H,5-11H2,1H3,(H,21,24). The van der Waals surface area contributed by atoms with Crippen LogP contribution in [0.5, 0.6) is 0 Å². The highest BCUT2D eigenvalue weighted by Gasteiger charge is 2.47. The summed E-state index contributed by atoms with van der Waals surface area (Å²) in [7, 11) is 0. The number of carbonyl (C=O) groups is 2. The smallest absolute Gasteiger partial charge is 0.257 e. The zero-order valence-electron chi connectivity index (χ0n) is 14.2. The lowest BCUT2D eigenvalue weighted by atomic mass is 9.72. The lowest BCUT2D eigenvalue weighted by molar-refractivity contribution is -0.128. The Hall–Kier alpha value is -2.02. The first-order valence-corrected chi connectivity index (χ1v) is 8.48. The second-order valence-corrected chi connectivity index (χ2v) is 6.88. The topological polar surface area (TPSA) is 58.6 Å². The number of nitrogens with zero attached hydrogens (tertiary/aromatic N) is 1. The van der Waals surface area contributed by atoms with E-state index in [9.17, 15) is 18.4 Å². The summed E-state index contributed by atoms with van der Waals surface area (Å²) in [5.74, 6) is -2.48. The van der Waals surface area contributed by atoms with Crippen molar-refractivity contribution in [2.75, 3.05) is 32.8 Å². The number of amides is 2. The normalized spacial score (nSPS) is 22.2. The summed E-state index contributed by atoms with van der Waals surface area (Å²) in [6, 6.07) is 3.34. The van der Waals surface area contributed by atoms with Crippen molar-refractivity contribution in [3.63, 3.8) is 0 Å². The van der Waals surface area contributed by atoms with Gasteiger partial charge >= 0.3 is 0 Å². The minimum atomic E-state index is -0.880. The highest BCUT2D eigenvalue weighted by Crippen LogP contribution is 2.44. The molecule has 0 aliphatic carbocycles. The molecule has 2 fully saturated rings. The summed E-state index contributed by atoms with van der Waals surface area (Å²) in [6.45, 7) is 4.23. The zero-order valence-corrected chi connectivity index (χ0v) is 14.2. The van der Waals surface area contributed by atoms with Gasteiger partial charge in [0.05, 0.1) is 0 Å². The molecule has 136 valence electrons. The molecule has 0 radical (unpaired) electrons. The van der Waals surface area contributed by atoms with Gasteiger partial charge in [0.25, 0.3) is 5.91 Å². The molecule has 1 unspecified atom stereocenters. The van der Waals surface area contributed by atoms with Crippen molar-refractivity contribution < 1.29 is 23.1 Å². The molecule has 2 aliphatic heterocycles. The molecule has 25 heavy (non-hydrogen) atoms. The number of likely N-dealkylation sites (tertiary alicyclic amines) is 1. The lowest BCUT2D eigenvalue weighted by Crippen LogP contribution is -2.42. The number of hydrogen-bond donors (Lipinski definition) is 1. The molecular weight excluding hydrogens is 330 g/mol. The molecule has 1 atom stereocenters. The van der Waals surface area contributed by atoms with E-state index in [-0.39, 0.29) is 23.8 Å². The van der Waals surface area contributed by atoms with Crippen LogP contribution in [0.2, 0.25) is 0 Å². The van der Waals surface area contributed by atoms with Crippen LogP contribution in [-0.4, -0.2) is 49.6 Å². The van der Waals surface area contributed by atoms with Crippen LogP contribution >= 0.6 is 0 Å². The molecule has 7 heteroatoms. The van der Waals surface area contributed by atoms with Crippen molar-refractivity contribution in [2.45, 2.75) is 19.8 Å². The first-order valence-electron chi connectivity index (χ1n) is 8.48.